The van der Waals surface area contributed by atoms with Crippen LogP contribution in [0.15, 0.2) is 24.3 Å². The summed E-state index contributed by atoms with van der Waals surface area (Å²) in [5.74, 6) is 0. The Morgan fingerprint density at radius 2 is 2.24 bits per heavy atom. The second-order valence-electron chi connectivity index (χ2n) is 4.12. The molecule has 5 heteroatoms. The summed E-state index contributed by atoms with van der Waals surface area (Å²) >= 11 is 5.96. The Morgan fingerprint density at radius 3 is 2.94 bits per heavy atom. The fourth-order valence-electron chi connectivity index (χ4n) is 1.88. The van der Waals surface area contributed by atoms with Crippen LogP contribution in [0.1, 0.15) is 12.8 Å². The van der Waals surface area contributed by atoms with Crippen molar-refractivity contribution < 1.29 is 4.79 Å². The van der Waals surface area contributed by atoms with Crippen LogP contribution >= 0.6 is 11.6 Å². The number of halogens is 1. The van der Waals surface area contributed by atoms with Gasteiger partial charge in [0.2, 0.25) is 0 Å². The van der Waals surface area contributed by atoms with E-state index in [1.54, 1.807) is 12.1 Å². The van der Waals surface area contributed by atoms with Gasteiger partial charge in [0.05, 0.1) is 10.7 Å². The van der Waals surface area contributed by atoms with E-state index in [2.05, 4.69) is 16.0 Å². The van der Waals surface area contributed by atoms with Crippen LogP contribution in [0.2, 0.25) is 5.02 Å². The molecule has 3 N–H and O–H groups in total. The molecule has 0 saturated carbocycles. The number of nitrogens with one attached hydrogen (secondary N) is 3. The summed E-state index contributed by atoms with van der Waals surface area (Å²) in [6.07, 6.45) is 2.11. The van der Waals surface area contributed by atoms with Gasteiger partial charge in [-0.05, 0) is 31.5 Å². The van der Waals surface area contributed by atoms with Gasteiger partial charge in [-0.3, -0.25) is 0 Å². The minimum absolute atomic E-state index is 0.200. The highest BCUT2D eigenvalue weighted by molar-refractivity contribution is 6.33. The van der Waals surface area contributed by atoms with Crippen molar-refractivity contribution in [1.29, 1.82) is 0 Å². The first-order chi connectivity index (χ1) is 8.25. The molecule has 1 aliphatic rings. The van der Waals surface area contributed by atoms with Gasteiger partial charge in [-0.15, -0.1) is 0 Å². The maximum atomic E-state index is 11.7. The fourth-order valence-corrected chi connectivity index (χ4v) is 2.06. The second kappa shape index (κ2) is 5.89. The Labute approximate surface area is 106 Å². The maximum absolute atomic E-state index is 11.7. The molecule has 0 aliphatic carbocycles. The minimum atomic E-state index is -0.202. The van der Waals surface area contributed by atoms with E-state index in [1.165, 1.54) is 0 Å². The number of urea groups is 1. The topological polar surface area (TPSA) is 53.2 Å². The van der Waals surface area contributed by atoms with Gasteiger partial charge in [-0.1, -0.05) is 23.7 Å². The van der Waals surface area contributed by atoms with Crippen LogP contribution in [-0.4, -0.2) is 25.2 Å². The van der Waals surface area contributed by atoms with E-state index in [-0.39, 0.29) is 12.1 Å². The molecule has 1 fully saturated rings. The van der Waals surface area contributed by atoms with Crippen LogP contribution in [-0.2, 0) is 0 Å². The lowest BCUT2D eigenvalue weighted by atomic mass is 10.1. The maximum Gasteiger partial charge on any atom is 0.319 e. The molecule has 0 aromatic heterocycles. The molecule has 1 aliphatic heterocycles. The lowest BCUT2D eigenvalue weighted by Gasteiger charge is -2.23. The summed E-state index contributed by atoms with van der Waals surface area (Å²) < 4.78 is 0. The number of benzene rings is 1. The third-order valence-electron chi connectivity index (χ3n) is 2.75. The van der Waals surface area contributed by atoms with E-state index < -0.39 is 0 Å². The predicted molar refractivity (Wildman–Crippen MR) is 69.5 cm³/mol. The molecule has 92 valence electrons. The van der Waals surface area contributed by atoms with Crippen molar-refractivity contribution in [1.82, 2.24) is 10.6 Å². The van der Waals surface area contributed by atoms with Crippen molar-refractivity contribution in [2.75, 3.05) is 18.4 Å². The first-order valence-electron chi connectivity index (χ1n) is 5.78. The highest BCUT2D eigenvalue weighted by atomic mass is 35.5. The molecule has 2 rings (SSSR count). The molecule has 1 atom stereocenters. The number of hydrogen-bond acceptors (Lipinski definition) is 2. The first-order valence-corrected chi connectivity index (χ1v) is 6.16. The molecule has 1 aromatic carbocycles. The molecule has 1 saturated heterocycles. The van der Waals surface area contributed by atoms with Crippen LogP contribution in [0.5, 0.6) is 0 Å². The summed E-state index contributed by atoms with van der Waals surface area (Å²) in [5, 5.41) is 9.46. The smallest absolute Gasteiger partial charge is 0.319 e. The zero-order chi connectivity index (χ0) is 12.1. The van der Waals surface area contributed by atoms with Crippen molar-refractivity contribution in [2.24, 2.45) is 0 Å². The van der Waals surface area contributed by atoms with Crippen LogP contribution in [0.25, 0.3) is 0 Å². The third-order valence-corrected chi connectivity index (χ3v) is 3.08. The molecule has 4 nitrogen and oxygen atoms in total. The van der Waals surface area contributed by atoms with Gasteiger partial charge < -0.3 is 16.0 Å². The molecule has 0 unspecified atom stereocenters. The van der Waals surface area contributed by atoms with Crippen molar-refractivity contribution in [2.45, 2.75) is 18.9 Å². The second-order valence-corrected chi connectivity index (χ2v) is 4.53. The number of hydrogen-bond donors (Lipinski definition) is 3. The van der Waals surface area contributed by atoms with E-state index in [1.807, 2.05) is 12.1 Å². The highest BCUT2D eigenvalue weighted by Crippen LogP contribution is 2.20. The summed E-state index contributed by atoms with van der Waals surface area (Å²) in [5.41, 5.74) is 0.635. The predicted octanol–water partition coefficient (Wildman–Crippen LogP) is 2.21. The molecule has 17 heavy (non-hydrogen) atoms. The fraction of sp³-hybridized carbons (Fsp3) is 0.417. The molecule has 1 heterocycles. The SMILES string of the molecule is O=C(Nc1ccccc1Cl)N[C@@H]1CCCNC1. The Kier molecular flexibility index (Phi) is 4.23. The Balaban J connectivity index is 1.86. The number of carbonyl (C=O) groups is 1. The molecule has 0 bridgehead atoms. The number of piperidine rings is 1. The molecular formula is C12H16ClN3O. The Hall–Kier alpha value is -1.26. The zero-order valence-corrected chi connectivity index (χ0v) is 10.3. The monoisotopic (exact) mass is 253 g/mol. The summed E-state index contributed by atoms with van der Waals surface area (Å²) in [7, 11) is 0. The lowest BCUT2D eigenvalue weighted by Crippen LogP contribution is -2.47. The molecular weight excluding hydrogens is 238 g/mol. The normalized spacial score (nSPS) is 19.7. The van der Waals surface area contributed by atoms with Crippen LogP contribution < -0.4 is 16.0 Å². The number of rotatable bonds is 2. The van der Waals surface area contributed by atoms with E-state index in [4.69, 9.17) is 11.6 Å². The van der Waals surface area contributed by atoms with E-state index >= 15 is 0 Å². The van der Waals surface area contributed by atoms with Gasteiger partial charge in [0, 0.05) is 12.6 Å². The average molecular weight is 254 g/mol. The molecule has 1 aromatic rings. The quantitative estimate of drug-likeness (QED) is 0.757. The van der Waals surface area contributed by atoms with Gasteiger partial charge in [0.15, 0.2) is 0 Å². The van der Waals surface area contributed by atoms with Crippen LogP contribution in [0.4, 0.5) is 10.5 Å². The van der Waals surface area contributed by atoms with E-state index in [9.17, 15) is 4.79 Å². The average Bonchev–Trinajstić information content (AvgIpc) is 2.33. The minimum Gasteiger partial charge on any atom is -0.334 e. The lowest BCUT2D eigenvalue weighted by molar-refractivity contribution is 0.245. The van der Waals surface area contributed by atoms with Crippen molar-refractivity contribution in [3.63, 3.8) is 0 Å². The van der Waals surface area contributed by atoms with E-state index in [0.29, 0.717) is 10.7 Å². The number of amides is 2. The number of carbonyl (C=O) groups excluding carboxylic acids is 1. The van der Waals surface area contributed by atoms with Crippen molar-refractivity contribution >= 4 is 23.3 Å². The summed E-state index contributed by atoms with van der Waals surface area (Å²) in [6.45, 7) is 1.86. The highest BCUT2D eigenvalue weighted by Gasteiger charge is 2.15. The van der Waals surface area contributed by atoms with Crippen molar-refractivity contribution in [3.8, 4) is 0 Å². The standard InChI is InChI=1S/C12H16ClN3O/c13-10-5-1-2-6-11(10)16-12(17)15-9-4-3-7-14-8-9/h1-2,5-6,9,14H,3-4,7-8H2,(H2,15,16,17)/t9-/m1/s1. The van der Waals surface area contributed by atoms with Gasteiger partial charge in [-0.2, -0.15) is 0 Å². The first kappa shape index (κ1) is 12.2. The van der Waals surface area contributed by atoms with Crippen LogP contribution in [0, 0.1) is 0 Å². The number of para-hydroxylation sites is 1. The Morgan fingerprint density at radius 1 is 1.41 bits per heavy atom. The van der Waals surface area contributed by atoms with Gasteiger partial charge >= 0.3 is 6.03 Å². The van der Waals surface area contributed by atoms with Gasteiger partial charge in [0.25, 0.3) is 0 Å². The molecule has 0 spiro atoms. The summed E-state index contributed by atoms with van der Waals surface area (Å²) in [4.78, 5) is 11.7. The Bertz CT molecular complexity index is 391. The van der Waals surface area contributed by atoms with Crippen molar-refractivity contribution in [3.05, 3.63) is 29.3 Å². The molecule has 2 amide bonds. The largest absolute Gasteiger partial charge is 0.334 e. The molecule has 0 radical (unpaired) electrons. The van der Waals surface area contributed by atoms with Crippen LogP contribution in [0.3, 0.4) is 0 Å². The zero-order valence-electron chi connectivity index (χ0n) is 9.50. The van der Waals surface area contributed by atoms with Gasteiger partial charge in [0.1, 0.15) is 0 Å². The van der Waals surface area contributed by atoms with Gasteiger partial charge in [-0.25, -0.2) is 4.79 Å². The third kappa shape index (κ3) is 3.61. The summed E-state index contributed by atoms with van der Waals surface area (Å²) in [6, 6.07) is 7.19. The number of anilines is 1. The van der Waals surface area contributed by atoms with E-state index in [0.717, 1.165) is 25.9 Å².